The molecule has 1 N–H and O–H groups in total. The van der Waals surface area contributed by atoms with Gasteiger partial charge < -0.3 is 14.8 Å². The van der Waals surface area contributed by atoms with E-state index in [9.17, 15) is 9.59 Å². The van der Waals surface area contributed by atoms with E-state index < -0.39 is 0 Å². The smallest absolute Gasteiger partial charge is 0.242 e. The third-order valence-electron chi connectivity index (χ3n) is 2.52. The number of amides is 2. The van der Waals surface area contributed by atoms with E-state index in [-0.39, 0.29) is 18.4 Å². The van der Waals surface area contributed by atoms with Crippen LogP contribution in [0.3, 0.4) is 0 Å². The molecule has 0 aliphatic carbocycles. The standard InChI is InChI=1S/C10H14N4O2S/c1-13(4-8-11-2-3-12-8)9(15)5-14-7-17-6-10(14)16/h2-3H,4-7H2,1H3,(H,11,12). The number of nitrogens with zero attached hydrogens (tertiary/aromatic N) is 3. The van der Waals surface area contributed by atoms with Gasteiger partial charge in [0.15, 0.2) is 0 Å². The van der Waals surface area contributed by atoms with Crippen molar-refractivity contribution in [2.24, 2.45) is 0 Å². The molecule has 6 nitrogen and oxygen atoms in total. The number of aromatic nitrogens is 2. The maximum absolute atomic E-state index is 11.9. The molecule has 0 unspecified atom stereocenters. The van der Waals surface area contributed by atoms with E-state index in [0.29, 0.717) is 18.2 Å². The summed E-state index contributed by atoms with van der Waals surface area (Å²) in [7, 11) is 1.71. The minimum atomic E-state index is -0.0720. The molecule has 2 heterocycles. The number of nitrogens with one attached hydrogen (secondary N) is 1. The molecule has 2 amide bonds. The van der Waals surface area contributed by atoms with Crippen LogP contribution in [0.25, 0.3) is 0 Å². The van der Waals surface area contributed by atoms with E-state index >= 15 is 0 Å². The fourth-order valence-corrected chi connectivity index (χ4v) is 2.43. The summed E-state index contributed by atoms with van der Waals surface area (Å²) in [6.45, 7) is 0.587. The molecule has 1 aliphatic rings. The Bertz CT molecular complexity index is 406. The molecule has 1 saturated heterocycles. The molecule has 2 rings (SSSR count). The minimum absolute atomic E-state index is 0.0368. The van der Waals surface area contributed by atoms with Gasteiger partial charge in [-0.05, 0) is 0 Å². The third-order valence-corrected chi connectivity index (χ3v) is 3.46. The van der Waals surface area contributed by atoms with Crippen molar-refractivity contribution in [1.29, 1.82) is 0 Å². The van der Waals surface area contributed by atoms with Gasteiger partial charge in [-0.15, -0.1) is 11.8 Å². The Balaban J connectivity index is 1.85. The van der Waals surface area contributed by atoms with E-state index in [4.69, 9.17) is 0 Å². The van der Waals surface area contributed by atoms with Crippen LogP contribution in [-0.4, -0.2) is 56.8 Å². The fraction of sp³-hybridized carbons (Fsp3) is 0.500. The van der Waals surface area contributed by atoms with E-state index in [2.05, 4.69) is 9.97 Å². The van der Waals surface area contributed by atoms with E-state index in [1.54, 1.807) is 29.2 Å². The Morgan fingerprint density at radius 2 is 2.53 bits per heavy atom. The van der Waals surface area contributed by atoms with Gasteiger partial charge in [0.2, 0.25) is 11.8 Å². The van der Waals surface area contributed by atoms with Crippen LogP contribution in [0.1, 0.15) is 5.82 Å². The van der Waals surface area contributed by atoms with Gasteiger partial charge in [-0.1, -0.05) is 0 Å². The molecule has 0 spiro atoms. The number of rotatable bonds is 4. The maximum Gasteiger partial charge on any atom is 0.242 e. The molecule has 17 heavy (non-hydrogen) atoms. The largest absolute Gasteiger partial charge is 0.347 e. The van der Waals surface area contributed by atoms with Crippen molar-refractivity contribution >= 4 is 23.6 Å². The summed E-state index contributed by atoms with van der Waals surface area (Å²) in [6, 6.07) is 0. The Kier molecular flexibility index (Phi) is 3.68. The van der Waals surface area contributed by atoms with Crippen molar-refractivity contribution in [2.45, 2.75) is 6.54 Å². The monoisotopic (exact) mass is 254 g/mol. The molecular formula is C10H14N4O2S. The lowest BCUT2D eigenvalue weighted by atomic mass is 10.4. The first-order valence-corrected chi connectivity index (χ1v) is 6.40. The molecular weight excluding hydrogens is 240 g/mol. The predicted octanol–water partition coefficient (Wildman–Crippen LogP) is -0.0990. The van der Waals surface area contributed by atoms with Crippen LogP contribution in [0.4, 0.5) is 0 Å². The van der Waals surface area contributed by atoms with Crippen LogP contribution in [0.15, 0.2) is 12.4 Å². The average molecular weight is 254 g/mol. The molecule has 0 atom stereocenters. The fourth-order valence-electron chi connectivity index (χ4n) is 1.52. The zero-order chi connectivity index (χ0) is 12.3. The summed E-state index contributed by atoms with van der Waals surface area (Å²) in [5, 5.41) is 0. The SMILES string of the molecule is CN(Cc1ncc[nH]1)C(=O)CN1CSCC1=O. The quantitative estimate of drug-likeness (QED) is 0.814. The van der Waals surface area contributed by atoms with E-state index in [1.165, 1.54) is 11.8 Å². The number of hydrogen-bond donors (Lipinski definition) is 1. The number of carbonyl (C=O) groups is 2. The first-order chi connectivity index (χ1) is 8.16. The highest BCUT2D eigenvalue weighted by atomic mass is 32.2. The third kappa shape index (κ3) is 3.00. The van der Waals surface area contributed by atoms with Crippen LogP contribution in [0, 0.1) is 0 Å². The zero-order valence-electron chi connectivity index (χ0n) is 9.55. The summed E-state index contributed by atoms with van der Waals surface area (Å²) < 4.78 is 0. The Hall–Kier alpha value is -1.50. The molecule has 1 aromatic rings. The normalized spacial score (nSPS) is 15.4. The number of aromatic amines is 1. The van der Waals surface area contributed by atoms with Crippen LogP contribution in [0.5, 0.6) is 0 Å². The molecule has 1 fully saturated rings. The highest BCUT2D eigenvalue weighted by Gasteiger charge is 2.24. The van der Waals surface area contributed by atoms with Crippen molar-refractivity contribution in [2.75, 3.05) is 25.2 Å². The predicted molar refractivity (Wildman–Crippen MR) is 64.1 cm³/mol. The van der Waals surface area contributed by atoms with Crippen LogP contribution in [-0.2, 0) is 16.1 Å². The van der Waals surface area contributed by atoms with Gasteiger partial charge in [0.1, 0.15) is 12.4 Å². The lowest BCUT2D eigenvalue weighted by molar-refractivity contribution is -0.137. The summed E-state index contributed by atoms with van der Waals surface area (Å²) >= 11 is 1.54. The first-order valence-electron chi connectivity index (χ1n) is 5.24. The van der Waals surface area contributed by atoms with Crippen molar-refractivity contribution < 1.29 is 9.59 Å². The summed E-state index contributed by atoms with van der Waals surface area (Å²) in [5.41, 5.74) is 0. The van der Waals surface area contributed by atoms with Crippen molar-refractivity contribution in [3.05, 3.63) is 18.2 Å². The average Bonchev–Trinajstić information content (AvgIpc) is 2.91. The van der Waals surface area contributed by atoms with Gasteiger partial charge in [0.25, 0.3) is 0 Å². The van der Waals surface area contributed by atoms with Crippen molar-refractivity contribution in [3.63, 3.8) is 0 Å². The molecule has 0 saturated carbocycles. The highest BCUT2D eigenvalue weighted by Crippen LogP contribution is 2.14. The van der Waals surface area contributed by atoms with E-state index in [1.807, 2.05) is 0 Å². The summed E-state index contributed by atoms with van der Waals surface area (Å²) in [6.07, 6.45) is 3.36. The molecule has 7 heteroatoms. The second-order valence-corrected chi connectivity index (χ2v) is 4.81. The number of imidazole rings is 1. The Morgan fingerprint density at radius 1 is 1.71 bits per heavy atom. The lowest BCUT2D eigenvalue weighted by Gasteiger charge is -2.20. The number of H-pyrrole nitrogens is 1. The molecule has 0 bridgehead atoms. The van der Waals surface area contributed by atoms with Gasteiger partial charge >= 0.3 is 0 Å². The highest BCUT2D eigenvalue weighted by molar-refractivity contribution is 8.00. The number of thioether (sulfide) groups is 1. The minimum Gasteiger partial charge on any atom is -0.347 e. The zero-order valence-corrected chi connectivity index (χ0v) is 10.4. The molecule has 0 aromatic carbocycles. The van der Waals surface area contributed by atoms with Gasteiger partial charge in [-0.3, -0.25) is 9.59 Å². The lowest BCUT2D eigenvalue weighted by Crippen LogP contribution is -2.39. The van der Waals surface area contributed by atoms with Crippen molar-refractivity contribution in [3.8, 4) is 0 Å². The van der Waals surface area contributed by atoms with Gasteiger partial charge in [0, 0.05) is 19.4 Å². The van der Waals surface area contributed by atoms with Gasteiger partial charge in [-0.25, -0.2) is 4.98 Å². The molecule has 0 radical (unpaired) electrons. The maximum atomic E-state index is 11.9. The molecule has 92 valence electrons. The van der Waals surface area contributed by atoms with Gasteiger partial charge in [-0.2, -0.15) is 0 Å². The molecule has 1 aromatic heterocycles. The van der Waals surface area contributed by atoms with Crippen LogP contribution in [0.2, 0.25) is 0 Å². The Labute approximate surface area is 103 Å². The second-order valence-electron chi connectivity index (χ2n) is 3.85. The topological polar surface area (TPSA) is 69.3 Å². The number of carbonyl (C=O) groups excluding carboxylic acids is 2. The number of likely N-dealkylation sites (N-methyl/N-ethyl adjacent to an activating group) is 1. The van der Waals surface area contributed by atoms with E-state index in [0.717, 1.165) is 5.82 Å². The molecule has 1 aliphatic heterocycles. The Morgan fingerprint density at radius 3 is 3.12 bits per heavy atom. The van der Waals surface area contributed by atoms with Gasteiger partial charge in [0.05, 0.1) is 18.2 Å². The van der Waals surface area contributed by atoms with Crippen molar-refractivity contribution in [1.82, 2.24) is 19.8 Å². The number of hydrogen-bond acceptors (Lipinski definition) is 4. The first kappa shape index (κ1) is 12.0. The van der Waals surface area contributed by atoms with Crippen LogP contribution < -0.4 is 0 Å². The van der Waals surface area contributed by atoms with Crippen LogP contribution >= 0.6 is 11.8 Å². The summed E-state index contributed by atoms with van der Waals surface area (Å²) in [5.74, 6) is 1.80. The summed E-state index contributed by atoms with van der Waals surface area (Å²) in [4.78, 5) is 33.3. The second kappa shape index (κ2) is 5.22.